The molecule has 0 N–H and O–H groups in total. The monoisotopic (exact) mass is 162 g/mol. The van der Waals surface area contributed by atoms with Gasteiger partial charge in [0.05, 0.1) is 4.77 Å². The zero-order chi connectivity index (χ0) is 5.15. The molecule has 0 aliphatic heterocycles. The molecule has 0 bridgehead atoms. The minimum absolute atomic E-state index is 0.327. The first-order valence-corrected chi connectivity index (χ1v) is 4.63. The summed E-state index contributed by atoms with van der Waals surface area (Å²) in [5.74, 6) is 0. The minimum atomic E-state index is -1.14. The van der Waals surface area contributed by atoms with Crippen LogP contribution in [0.1, 0.15) is 0 Å². The molecule has 0 unspecified atom stereocenters. The summed E-state index contributed by atoms with van der Waals surface area (Å²) >= 11 is 15.6. The highest BCUT2D eigenvalue weighted by molar-refractivity contribution is 8.07. The molecule has 36 valence electrons. The van der Waals surface area contributed by atoms with Crippen molar-refractivity contribution in [1.82, 2.24) is 0 Å². The van der Waals surface area contributed by atoms with Crippen LogP contribution >= 0.6 is 40.7 Å². The van der Waals surface area contributed by atoms with E-state index in [0.717, 1.165) is 0 Å². The molecular weight excluding hydrogens is 161 g/mol. The van der Waals surface area contributed by atoms with Crippen LogP contribution in [0.15, 0.2) is 11.4 Å². The van der Waals surface area contributed by atoms with Gasteiger partial charge in [0.1, 0.15) is 6.63 Å². The van der Waals surface area contributed by atoms with E-state index < -0.39 is 6.63 Å². The average molecular weight is 163 g/mol. The van der Waals surface area contributed by atoms with Crippen LogP contribution in [0.5, 0.6) is 0 Å². The Kier molecular flexibility index (Phi) is 3.63. The fourth-order valence-corrected chi connectivity index (χ4v) is 0. The van der Waals surface area contributed by atoms with Gasteiger partial charge in [-0.2, -0.15) is 0 Å². The Balaban J connectivity index is 3.26. The van der Waals surface area contributed by atoms with Gasteiger partial charge in [0.25, 0.3) is 0 Å². The molecule has 0 aromatic rings. The van der Waals surface area contributed by atoms with Crippen molar-refractivity contribution >= 4 is 40.7 Å². The maximum Gasteiger partial charge on any atom is 0.127 e. The first-order valence-electron chi connectivity index (χ1n) is 1.10. The highest BCUT2D eigenvalue weighted by Crippen LogP contribution is 2.55. The maximum absolute atomic E-state index is 5.21. The first kappa shape index (κ1) is 7.04. The molecule has 0 aliphatic rings. The first-order chi connectivity index (χ1) is 2.64. The standard InChI is InChI=1S/C2H2Cl3P/c1-2(3)6(4)5/h1H2. The quantitative estimate of drug-likeness (QED) is 0.519. The molecule has 0 nitrogen and oxygen atoms in total. The predicted octanol–water partition coefficient (Wildman–Crippen LogP) is 3.49. The number of hydrogen-bond acceptors (Lipinski definition) is 0. The molecule has 0 rings (SSSR count). The van der Waals surface area contributed by atoms with Gasteiger partial charge in [0.2, 0.25) is 0 Å². The molecule has 0 radical (unpaired) electrons. The summed E-state index contributed by atoms with van der Waals surface area (Å²) in [5.41, 5.74) is 0. The summed E-state index contributed by atoms with van der Waals surface area (Å²) < 4.78 is 0.327. The normalized spacial score (nSPS) is 9.33. The van der Waals surface area contributed by atoms with E-state index in [1.165, 1.54) is 0 Å². The van der Waals surface area contributed by atoms with Crippen molar-refractivity contribution in [2.24, 2.45) is 0 Å². The second-order valence-corrected chi connectivity index (χ2v) is 4.88. The van der Waals surface area contributed by atoms with Crippen LogP contribution in [0.3, 0.4) is 0 Å². The molecule has 0 aromatic heterocycles. The molecule has 0 saturated heterocycles. The van der Waals surface area contributed by atoms with Gasteiger partial charge in [0.15, 0.2) is 0 Å². The lowest BCUT2D eigenvalue weighted by molar-refractivity contribution is 2.48. The van der Waals surface area contributed by atoms with Gasteiger partial charge in [-0.1, -0.05) is 40.7 Å². The lowest BCUT2D eigenvalue weighted by Crippen LogP contribution is -1.40. The molecule has 0 aliphatic carbocycles. The smallest absolute Gasteiger partial charge is 0.0819 e. The van der Waals surface area contributed by atoms with Crippen molar-refractivity contribution in [3.8, 4) is 0 Å². The molecule has 0 spiro atoms. The summed E-state index contributed by atoms with van der Waals surface area (Å²) in [7, 11) is 0. The maximum atomic E-state index is 5.21. The van der Waals surface area contributed by atoms with Gasteiger partial charge in [-0.3, -0.25) is 0 Å². The lowest BCUT2D eigenvalue weighted by Gasteiger charge is -1.88. The van der Waals surface area contributed by atoms with E-state index >= 15 is 0 Å². The van der Waals surface area contributed by atoms with Crippen molar-refractivity contribution < 1.29 is 0 Å². The van der Waals surface area contributed by atoms with Crippen molar-refractivity contribution in [2.45, 2.75) is 0 Å². The van der Waals surface area contributed by atoms with Gasteiger partial charge < -0.3 is 0 Å². The van der Waals surface area contributed by atoms with E-state index in [2.05, 4.69) is 6.58 Å². The van der Waals surface area contributed by atoms with Crippen LogP contribution in [-0.4, -0.2) is 0 Å². The Bertz CT molecular complexity index is 59.8. The van der Waals surface area contributed by atoms with Crippen LogP contribution in [0, 0.1) is 0 Å². The van der Waals surface area contributed by atoms with Crippen LogP contribution in [0.2, 0.25) is 0 Å². The third kappa shape index (κ3) is 3.24. The Morgan fingerprint density at radius 2 is 1.67 bits per heavy atom. The van der Waals surface area contributed by atoms with Gasteiger partial charge in [-0.25, -0.2) is 0 Å². The third-order valence-corrected chi connectivity index (χ3v) is 2.80. The summed E-state index contributed by atoms with van der Waals surface area (Å²) in [6, 6.07) is 0. The number of rotatable bonds is 1. The summed E-state index contributed by atoms with van der Waals surface area (Å²) in [6.45, 7) is 2.14. The molecule has 0 aromatic carbocycles. The summed E-state index contributed by atoms with van der Waals surface area (Å²) in [6.07, 6.45) is 0. The van der Waals surface area contributed by atoms with Gasteiger partial charge in [-0.15, -0.1) is 0 Å². The molecule has 4 heteroatoms. The van der Waals surface area contributed by atoms with Crippen LogP contribution < -0.4 is 0 Å². The Hall–Kier alpha value is 1.04. The molecule has 6 heavy (non-hydrogen) atoms. The van der Waals surface area contributed by atoms with Crippen LogP contribution in [-0.2, 0) is 0 Å². The van der Waals surface area contributed by atoms with Crippen LogP contribution in [0.25, 0.3) is 0 Å². The Morgan fingerprint density at radius 1 is 1.50 bits per heavy atom. The second-order valence-electron chi connectivity index (χ2n) is 0.609. The summed E-state index contributed by atoms with van der Waals surface area (Å²) in [5, 5.41) is 0. The van der Waals surface area contributed by atoms with Gasteiger partial charge in [0, 0.05) is 0 Å². The predicted molar refractivity (Wildman–Crippen MR) is 33.6 cm³/mol. The fraction of sp³-hybridized carbons (Fsp3) is 0. The Morgan fingerprint density at radius 3 is 1.67 bits per heavy atom. The van der Waals surface area contributed by atoms with E-state index in [1.807, 2.05) is 0 Å². The van der Waals surface area contributed by atoms with E-state index in [1.54, 1.807) is 0 Å². The molecule has 0 heterocycles. The topological polar surface area (TPSA) is 0 Å². The SMILES string of the molecule is C=C(Cl)P(Cl)Cl. The molecule has 0 atom stereocenters. The van der Waals surface area contributed by atoms with E-state index in [0.29, 0.717) is 4.77 Å². The third-order valence-electron chi connectivity index (χ3n) is 0.183. The van der Waals surface area contributed by atoms with Crippen molar-refractivity contribution in [2.75, 3.05) is 0 Å². The molecule has 0 amide bonds. The zero-order valence-corrected chi connectivity index (χ0v) is 5.95. The second kappa shape index (κ2) is 3.10. The largest absolute Gasteiger partial charge is 0.127 e. The van der Waals surface area contributed by atoms with E-state index in [9.17, 15) is 0 Å². The lowest BCUT2D eigenvalue weighted by atomic mass is 11.3. The fourth-order valence-electron chi connectivity index (χ4n) is 0. The van der Waals surface area contributed by atoms with Gasteiger partial charge in [-0.05, 0) is 0 Å². The average Bonchev–Trinajstić information content (AvgIpc) is 1.36. The highest BCUT2D eigenvalue weighted by atomic mass is 35.9. The minimum Gasteiger partial charge on any atom is -0.0819 e. The highest BCUT2D eigenvalue weighted by Gasteiger charge is 1.97. The Labute approximate surface area is 52.4 Å². The van der Waals surface area contributed by atoms with Crippen molar-refractivity contribution in [1.29, 1.82) is 0 Å². The number of halogens is 3. The van der Waals surface area contributed by atoms with Crippen molar-refractivity contribution in [3.63, 3.8) is 0 Å². The van der Waals surface area contributed by atoms with E-state index in [4.69, 9.17) is 34.1 Å². The van der Waals surface area contributed by atoms with E-state index in [-0.39, 0.29) is 0 Å². The molecular formula is C2H2Cl3P. The molecule has 0 saturated carbocycles. The van der Waals surface area contributed by atoms with Gasteiger partial charge >= 0.3 is 0 Å². The zero-order valence-electron chi connectivity index (χ0n) is 2.79. The van der Waals surface area contributed by atoms with Crippen LogP contribution in [0.4, 0.5) is 0 Å². The summed E-state index contributed by atoms with van der Waals surface area (Å²) in [4.78, 5) is 0. The van der Waals surface area contributed by atoms with Crippen molar-refractivity contribution in [3.05, 3.63) is 11.4 Å². The molecule has 0 fully saturated rings. The number of hydrogen-bond donors (Lipinski definition) is 0.